The normalized spacial score (nSPS) is 13.7. The molecule has 104 valence electrons. The van der Waals surface area contributed by atoms with E-state index in [2.05, 4.69) is 15.3 Å². The number of aromatic amines is 1. The van der Waals surface area contributed by atoms with Crippen molar-refractivity contribution in [2.45, 2.75) is 23.5 Å². The molecule has 1 aromatic carbocycles. The van der Waals surface area contributed by atoms with E-state index in [1.54, 1.807) is 11.8 Å². The van der Waals surface area contributed by atoms with Crippen LogP contribution in [0.25, 0.3) is 0 Å². The van der Waals surface area contributed by atoms with Crippen molar-refractivity contribution in [3.05, 3.63) is 51.0 Å². The van der Waals surface area contributed by atoms with Crippen LogP contribution in [0.2, 0.25) is 5.02 Å². The van der Waals surface area contributed by atoms with Crippen molar-refractivity contribution in [2.24, 2.45) is 0 Å². The Labute approximate surface area is 126 Å². The molecule has 2 heterocycles. The molecular formula is C14H14ClN3OS. The number of thioether (sulfide) groups is 1. The summed E-state index contributed by atoms with van der Waals surface area (Å²) < 4.78 is 0. The quantitative estimate of drug-likeness (QED) is 0.856. The Morgan fingerprint density at radius 2 is 2.20 bits per heavy atom. The molecule has 6 heteroatoms. The third kappa shape index (κ3) is 2.83. The summed E-state index contributed by atoms with van der Waals surface area (Å²) in [7, 11) is 0. The first-order chi connectivity index (χ1) is 9.74. The summed E-state index contributed by atoms with van der Waals surface area (Å²) in [5.41, 5.74) is 0.736. The summed E-state index contributed by atoms with van der Waals surface area (Å²) in [5.74, 6) is 2.00. The highest BCUT2D eigenvalue weighted by Crippen LogP contribution is 2.28. The van der Waals surface area contributed by atoms with Crippen molar-refractivity contribution in [2.75, 3.05) is 11.9 Å². The highest BCUT2D eigenvalue weighted by Gasteiger charge is 2.15. The second-order valence-corrected chi connectivity index (χ2v) is 6.01. The summed E-state index contributed by atoms with van der Waals surface area (Å²) in [6, 6.07) is 7.66. The van der Waals surface area contributed by atoms with Crippen LogP contribution >= 0.6 is 23.4 Å². The number of benzene rings is 1. The Balaban J connectivity index is 1.80. The Bertz CT molecular complexity index is 686. The van der Waals surface area contributed by atoms with Crippen LogP contribution in [-0.2, 0) is 12.2 Å². The first kappa shape index (κ1) is 13.5. The largest absolute Gasteiger partial charge is 0.370 e. The monoisotopic (exact) mass is 307 g/mol. The minimum absolute atomic E-state index is 0.0306. The lowest BCUT2D eigenvalue weighted by Gasteiger charge is -2.16. The molecule has 20 heavy (non-hydrogen) atoms. The number of anilines is 1. The van der Waals surface area contributed by atoms with Crippen molar-refractivity contribution >= 4 is 29.2 Å². The second-order valence-electron chi connectivity index (χ2n) is 4.59. The number of hydrogen-bond donors (Lipinski definition) is 2. The average molecular weight is 308 g/mol. The molecule has 1 aliphatic heterocycles. The van der Waals surface area contributed by atoms with Crippen molar-refractivity contribution in [1.29, 1.82) is 0 Å². The second kappa shape index (κ2) is 5.89. The van der Waals surface area contributed by atoms with Crippen molar-refractivity contribution in [1.82, 2.24) is 9.97 Å². The summed E-state index contributed by atoms with van der Waals surface area (Å²) in [6.07, 6.45) is 1.77. The summed E-state index contributed by atoms with van der Waals surface area (Å²) in [5, 5.41) is 3.91. The maximum Gasteiger partial charge on any atom is 0.256 e. The van der Waals surface area contributed by atoms with Crippen molar-refractivity contribution in [3.8, 4) is 0 Å². The molecule has 0 fully saturated rings. The smallest absolute Gasteiger partial charge is 0.256 e. The third-order valence-corrected chi connectivity index (χ3v) is 4.69. The van der Waals surface area contributed by atoms with E-state index >= 15 is 0 Å². The van der Waals surface area contributed by atoms with E-state index < -0.39 is 0 Å². The molecule has 1 aromatic heterocycles. The Hall–Kier alpha value is -1.46. The SMILES string of the molecule is O=c1[nH]c(CSc2ccccc2Cl)nc2c1CCCN2. The molecule has 0 amide bonds. The van der Waals surface area contributed by atoms with E-state index in [-0.39, 0.29) is 5.56 Å². The van der Waals surface area contributed by atoms with Gasteiger partial charge < -0.3 is 10.3 Å². The molecule has 2 N–H and O–H groups in total. The van der Waals surface area contributed by atoms with Gasteiger partial charge in [-0.25, -0.2) is 4.98 Å². The van der Waals surface area contributed by atoms with Gasteiger partial charge in [-0.15, -0.1) is 11.8 Å². The summed E-state index contributed by atoms with van der Waals surface area (Å²) >= 11 is 7.68. The summed E-state index contributed by atoms with van der Waals surface area (Å²) in [4.78, 5) is 20.3. The average Bonchev–Trinajstić information content (AvgIpc) is 2.46. The molecule has 2 aromatic rings. The first-order valence-electron chi connectivity index (χ1n) is 6.47. The molecule has 0 unspecified atom stereocenters. The van der Waals surface area contributed by atoms with Gasteiger partial charge in [0, 0.05) is 11.4 Å². The van der Waals surface area contributed by atoms with E-state index in [9.17, 15) is 4.79 Å². The zero-order valence-corrected chi connectivity index (χ0v) is 12.4. The van der Waals surface area contributed by atoms with Gasteiger partial charge in [0.1, 0.15) is 11.6 Å². The maximum absolute atomic E-state index is 12.0. The van der Waals surface area contributed by atoms with Gasteiger partial charge in [0.05, 0.1) is 16.3 Å². The van der Waals surface area contributed by atoms with Gasteiger partial charge >= 0.3 is 0 Å². The fraction of sp³-hybridized carbons (Fsp3) is 0.286. The van der Waals surface area contributed by atoms with Crippen LogP contribution in [0.15, 0.2) is 34.0 Å². The highest BCUT2D eigenvalue weighted by atomic mass is 35.5. The minimum atomic E-state index is -0.0306. The van der Waals surface area contributed by atoms with E-state index in [4.69, 9.17) is 11.6 Å². The zero-order valence-electron chi connectivity index (χ0n) is 10.8. The van der Waals surface area contributed by atoms with Gasteiger partial charge in [-0.1, -0.05) is 23.7 Å². The lowest BCUT2D eigenvalue weighted by atomic mass is 10.1. The van der Waals surface area contributed by atoms with Crippen LogP contribution in [-0.4, -0.2) is 16.5 Å². The van der Waals surface area contributed by atoms with Crippen molar-refractivity contribution in [3.63, 3.8) is 0 Å². The molecule has 4 nitrogen and oxygen atoms in total. The van der Waals surface area contributed by atoms with Crippen LogP contribution in [0.1, 0.15) is 17.8 Å². The Morgan fingerprint density at radius 3 is 3.05 bits per heavy atom. The fourth-order valence-corrected chi connectivity index (χ4v) is 3.28. The number of halogens is 1. The van der Waals surface area contributed by atoms with E-state index in [1.165, 1.54) is 0 Å². The van der Waals surface area contributed by atoms with Gasteiger partial charge in [0.15, 0.2) is 0 Å². The van der Waals surface area contributed by atoms with Gasteiger partial charge in [-0.05, 0) is 25.0 Å². The van der Waals surface area contributed by atoms with Crippen molar-refractivity contribution < 1.29 is 0 Å². The molecule has 0 saturated carbocycles. The zero-order chi connectivity index (χ0) is 13.9. The first-order valence-corrected chi connectivity index (χ1v) is 7.83. The molecule has 0 radical (unpaired) electrons. The number of H-pyrrole nitrogens is 1. The third-order valence-electron chi connectivity index (χ3n) is 3.16. The molecule has 0 spiro atoms. The molecule has 1 aliphatic rings. The molecule has 0 saturated heterocycles. The number of nitrogens with one attached hydrogen (secondary N) is 2. The fourth-order valence-electron chi connectivity index (χ4n) is 2.17. The number of hydrogen-bond acceptors (Lipinski definition) is 4. The summed E-state index contributed by atoms with van der Waals surface area (Å²) in [6.45, 7) is 0.876. The Kier molecular flexibility index (Phi) is 3.98. The molecular weight excluding hydrogens is 294 g/mol. The van der Waals surface area contributed by atoms with E-state index in [1.807, 2.05) is 24.3 Å². The predicted octanol–water partition coefficient (Wildman–Crippen LogP) is 3.07. The van der Waals surface area contributed by atoms with Crippen LogP contribution < -0.4 is 10.9 Å². The van der Waals surface area contributed by atoms with Gasteiger partial charge in [0.2, 0.25) is 0 Å². The molecule has 0 aliphatic carbocycles. The lowest BCUT2D eigenvalue weighted by molar-refractivity contribution is 0.789. The molecule has 3 rings (SSSR count). The van der Waals surface area contributed by atoms with Gasteiger partial charge in [-0.2, -0.15) is 0 Å². The van der Waals surface area contributed by atoms with Crippen LogP contribution in [0.3, 0.4) is 0 Å². The van der Waals surface area contributed by atoms with Gasteiger partial charge in [-0.3, -0.25) is 4.79 Å². The minimum Gasteiger partial charge on any atom is -0.370 e. The van der Waals surface area contributed by atoms with Crippen LogP contribution in [0.4, 0.5) is 5.82 Å². The number of nitrogens with zero attached hydrogens (tertiary/aromatic N) is 1. The topological polar surface area (TPSA) is 57.8 Å². The Morgan fingerprint density at radius 1 is 1.35 bits per heavy atom. The number of rotatable bonds is 3. The van der Waals surface area contributed by atoms with E-state index in [0.29, 0.717) is 11.6 Å². The van der Waals surface area contributed by atoms with Crippen LogP contribution in [0, 0.1) is 0 Å². The lowest BCUT2D eigenvalue weighted by Crippen LogP contribution is -2.24. The van der Waals surface area contributed by atoms with Gasteiger partial charge in [0.25, 0.3) is 5.56 Å². The predicted molar refractivity (Wildman–Crippen MR) is 82.7 cm³/mol. The standard InChI is InChI=1S/C14H14ClN3OS/c15-10-5-1-2-6-11(10)20-8-12-17-13-9(14(19)18-12)4-3-7-16-13/h1-2,5-6H,3-4,7-8H2,(H2,16,17,18,19). The number of fused-ring (bicyclic) bond motifs is 1. The molecule has 0 bridgehead atoms. The maximum atomic E-state index is 12.0. The highest BCUT2D eigenvalue weighted by molar-refractivity contribution is 7.98. The molecule has 0 atom stereocenters. The number of aromatic nitrogens is 2. The van der Waals surface area contributed by atoms with E-state index in [0.717, 1.165) is 40.7 Å². The van der Waals surface area contributed by atoms with Crippen LogP contribution in [0.5, 0.6) is 0 Å².